The van der Waals surface area contributed by atoms with Crippen molar-refractivity contribution < 1.29 is 27.4 Å². The number of thiazole rings is 1. The second kappa shape index (κ2) is 8.67. The minimum absolute atomic E-state index is 0.110. The topological polar surface area (TPSA) is 91.8 Å². The Hall–Kier alpha value is -1.55. The van der Waals surface area contributed by atoms with E-state index in [9.17, 15) is 13.2 Å². The summed E-state index contributed by atoms with van der Waals surface area (Å²) < 4.78 is 42.5. The van der Waals surface area contributed by atoms with E-state index in [0.717, 1.165) is 4.70 Å². The van der Waals surface area contributed by atoms with E-state index in [1.165, 1.54) is 18.3 Å². The third-order valence-electron chi connectivity index (χ3n) is 3.74. The Kier molecular flexibility index (Phi) is 7.09. The Morgan fingerprint density at radius 1 is 1.24 bits per heavy atom. The van der Waals surface area contributed by atoms with Gasteiger partial charge >= 0.3 is 5.97 Å². The molecule has 1 aliphatic rings. The first kappa shape index (κ1) is 23.7. The zero-order chi connectivity index (χ0) is 22.0. The molecule has 162 valence electrons. The van der Waals surface area contributed by atoms with E-state index >= 15 is 0 Å². The predicted molar refractivity (Wildman–Crippen MR) is 112 cm³/mol. The first-order valence-electron chi connectivity index (χ1n) is 9.34. The van der Waals surface area contributed by atoms with Crippen LogP contribution in [0.15, 0.2) is 28.6 Å². The lowest BCUT2D eigenvalue weighted by atomic mass is 10.2. The van der Waals surface area contributed by atoms with Crippen molar-refractivity contribution in [1.82, 2.24) is 4.98 Å². The Morgan fingerprint density at radius 3 is 2.34 bits per heavy atom. The molecule has 2 aromatic rings. The monoisotopic (exact) mass is 443 g/mol. The number of nitrogens with zero attached hydrogens (tertiary/aromatic N) is 1. The highest BCUT2D eigenvalue weighted by atomic mass is 32.2. The Balaban J connectivity index is 0.000000321. The van der Waals surface area contributed by atoms with Crippen LogP contribution in [0.5, 0.6) is 0 Å². The molecule has 1 aliphatic heterocycles. The number of fused-ring (bicyclic) bond motifs is 1. The van der Waals surface area contributed by atoms with E-state index in [1.54, 1.807) is 13.8 Å². The van der Waals surface area contributed by atoms with Gasteiger partial charge in [0.1, 0.15) is 5.60 Å². The molecule has 2 heterocycles. The quantitative estimate of drug-likeness (QED) is 0.639. The number of ether oxygens (including phenoxy) is 3. The molecule has 0 saturated carbocycles. The van der Waals surface area contributed by atoms with Gasteiger partial charge in [-0.3, -0.25) is 4.79 Å². The highest BCUT2D eigenvalue weighted by Gasteiger charge is 2.42. The summed E-state index contributed by atoms with van der Waals surface area (Å²) in [4.78, 5) is 14.5. The molecule has 0 aliphatic carbocycles. The number of benzene rings is 1. The van der Waals surface area contributed by atoms with Crippen LogP contribution in [0.25, 0.3) is 10.2 Å². The van der Waals surface area contributed by atoms with Crippen LogP contribution in [0.4, 0.5) is 0 Å². The van der Waals surface area contributed by atoms with Crippen LogP contribution in [0, 0.1) is 0 Å². The zero-order valence-electron chi connectivity index (χ0n) is 17.9. The second-order valence-corrected chi connectivity index (χ2v) is 11.6. The van der Waals surface area contributed by atoms with Crippen molar-refractivity contribution >= 4 is 37.4 Å². The average Bonchev–Trinajstić information content (AvgIpc) is 2.96. The van der Waals surface area contributed by atoms with Gasteiger partial charge in [0.25, 0.3) is 0 Å². The SMILES string of the molecule is CC(=O)OC(C)(C)C.C[C@@H]1C[C@H](S(=O)(=O)c2nc3ccccc3s2)OC(C)(C)O1. The first-order chi connectivity index (χ1) is 13.2. The molecule has 1 aromatic heterocycles. The fourth-order valence-corrected chi connectivity index (χ4v) is 5.99. The van der Waals surface area contributed by atoms with E-state index in [0.29, 0.717) is 11.9 Å². The van der Waals surface area contributed by atoms with Gasteiger partial charge in [0.2, 0.25) is 14.2 Å². The van der Waals surface area contributed by atoms with Crippen molar-refractivity contribution in [3.05, 3.63) is 24.3 Å². The van der Waals surface area contributed by atoms with Crippen LogP contribution in [0.2, 0.25) is 0 Å². The van der Waals surface area contributed by atoms with Crippen LogP contribution >= 0.6 is 11.3 Å². The summed E-state index contributed by atoms with van der Waals surface area (Å²) in [5, 5.41) is 0. The molecule has 0 bridgehead atoms. The molecule has 0 spiro atoms. The largest absolute Gasteiger partial charge is 0.460 e. The van der Waals surface area contributed by atoms with Crippen molar-refractivity contribution in [3.8, 4) is 0 Å². The standard InChI is InChI=1S/C14H17NO4S2.C6H12O2/c1-9-8-12(19-14(2,3)18-9)21(16,17)13-15-10-6-4-5-7-11(10)20-13;1-5(7)8-6(2,3)4/h4-7,9,12H,8H2,1-3H3;1-4H3/t9-,12+;/m1./s1. The molecule has 2 atom stereocenters. The van der Waals surface area contributed by atoms with Crippen LogP contribution in [0.1, 0.15) is 54.9 Å². The lowest BCUT2D eigenvalue weighted by Gasteiger charge is -2.38. The number of esters is 1. The average molecular weight is 444 g/mol. The molecular weight excluding hydrogens is 414 g/mol. The summed E-state index contributed by atoms with van der Waals surface area (Å²) in [5.74, 6) is -1.14. The van der Waals surface area contributed by atoms with E-state index in [2.05, 4.69) is 4.98 Å². The molecule has 1 aromatic carbocycles. The maximum atomic E-state index is 12.8. The van der Waals surface area contributed by atoms with Gasteiger partial charge in [0, 0.05) is 13.3 Å². The van der Waals surface area contributed by atoms with Crippen LogP contribution in [0.3, 0.4) is 0 Å². The molecule has 7 nitrogen and oxygen atoms in total. The van der Waals surface area contributed by atoms with Gasteiger partial charge in [-0.2, -0.15) is 0 Å². The van der Waals surface area contributed by atoms with Gasteiger partial charge in [-0.15, -0.1) is 11.3 Å². The van der Waals surface area contributed by atoms with Crippen molar-refractivity contribution in [2.75, 3.05) is 0 Å². The summed E-state index contributed by atoms with van der Waals surface area (Å²) in [6, 6.07) is 7.38. The lowest BCUT2D eigenvalue weighted by molar-refractivity contribution is -0.279. The number of para-hydroxylation sites is 1. The highest BCUT2D eigenvalue weighted by Crippen LogP contribution is 2.34. The van der Waals surface area contributed by atoms with Gasteiger partial charge in [0.15, 0.2) is 11.2 Å². The number of rotatable bonds is 2. The fraction of sp³-hybridized carbons (Fsp3) is 0.600. The highest BCUT2D eigenvalue weighted by molar-refractivity contribution is 7.93. The van der Waals surface area contributed by atoms with Crippen LogP contribution in [-0.2, 0) is 28.8 Å². The van der Waals surface area contributed by atoms with Crippen molar-refractivity contribution in [3.63, 3.8) is 0 Å². The predicted octanol–water partition coefficient (Wildman–Crippen LogP) is 4.31. The van der Waals surface area contributed by atoms with Crippen LogP contribution in [-0.4, -0.2) is 42.3 Å². The second-order valence-electron chi connectivity index (χ2n) is 8.31. The summed E-state index contributed by atoms with van der Waals surface area (Å²) in [5.41, 5.74) is -0.552. The van der Waals surface area contributed by atoms with Crippen LogP contribution < -0.4 is 0 Å². The molecule has 9 heteroatoms. The van der Waals surface area contributed by atoms with Gasteiger partial charge in [-0.25, -0.2) is 13.4 Å². The molecule has 0 radical (unpaired) electrons. The van der Waals surface area contributed by atoms with E-state index < -0.39 is 21.1 Å². The molecule has 3 rings (SSSR count). The van der Waals surface area contributed by atoms with Crippen molar-refractivity contribution in [2.45, 2.75) is 82.2 Å². The molecule has 1 saturated heterocycles. The van der Waals surface area contributed by atoms with Crippen molar-refractivity contribution in [1.29, 1.82) is 0 Å². The molecule has 1 fully saturated rings. The normalized spacial score (nSPS) is 21.9. The van der Waals surface area contributed by atoms with E-state index in [1.807, 2.05) is 52.0 Å². The molecule has 29 heavy (non-hydrogen) atoms. The molecule has 0 amide bonds. The Morgan fingerprint density at radius 2 is 1.86 bits per heavy atom. The number of aromatic nitrogens is 1. The third-order valence-corrected chi connectivity index (χ3v) is 7.08. The summed E-state index contributed by atoms with van der Waals surface area (Å²) in [7, 11) is -3.62. The number of carbonyl (C=O) groups is 1. The first-order valence-corrected chi connectivity index (χ1v) is 11.7. The fourth-order valence-electron chi connectivity index (χ4n) is 2.90. The minimum atomic E-state index is -3.62. The zero-order valence-corrected chi connectivity index (χ0v) is 19.5. The lowest BCUT2D eigenvalue weighted by Crippen LogP contribution is -2.46. The van der Waals surface area contributed by atoms with Gasteiger partial charge in [0.05, 0.1) is 16.3 Å². The van der Waals surface area contributed by atoms with Gasteiger partial charge in [-0.1, -0.05) is 12.1 Å². The number of hydrogen-bond acceptors (Lipinski definition) is 8. The smallest absolute Gasteiger partial charge is 0.303 e. The van der Waals surface area contributed by atoms with Gasteiger partial charge < -0.3 is 14.2 Å². The van der Waals surface area contributed by atoms with E-state index in [-0.39, 0.29) is 22.0 Å². The Labute approximate surface area is 176 Å². The van der Waals surface area contributed by atoms with E-state index in [4.69, 9.17) is 14.2 Å². The summed E-state index contributed by atoms with van der Waals surface area (Å²) in [6.07, 6.45) is 0.129. The third kappa shape index (κ3) is 6.74. The van der Waals surface area contributed by atoms with Gasteiger partial charge in [-0.05, 0) is 53.7 Å². The molecule has 0 unspecified atom stereocenters. The maximum absolute atomic E-state index is 12.8. The number of sulfone groups is 1. The van der Waals surface area contributed by atoms with Crippen molar-refractivity contribution in [2.24, 2.45) is 0 Å². The summed E-state index contributed by atoms with van der Waals surface area (Å²) in [6.45, 7) is 12.2. The Bertz CT molecular complexity index is 926. The minimum Gasteiger partial charge on any atom is -0.460 e. The summed E-state index contributed by atoms with van der Waals surface area (Å²) >= 11 is 1.18. The number of hydrogen-bond donors (Lipinski definition) is 0. The number of carbonyl (C=O) groups excluding carboxylic acids is 1. The molecule has 0 N–H and O–H groups in total. The molecular formula is C20H29NO6S2. The maximum Gasteiger partial charge on any atom is 0.303 e.